The molecule has 7 nitrogen and oxygen atoms in total. The lowest BCUT2D eigenvalue weighted by atomic mass is 10.1. The zero-order chi connectivity index (χ0) is 19.9. The van der Waals surface area contributed by atoms with Crippen LogP contribution in [0.3, 0.4) is 0 Å². The maximum absolute atomic E-state index is 5.52. The molecular formula is C23H15N3O4. The predicted octanol–water partition coefficient (Wildman–Crippen LogP) is 4.33. The van der Waals surface area contributed by atoms with E-state index in [4.69, 9.17) is 33.9 Å². The van der Waals surface area contributed by atoms with Crippen molar-refractivity contribution in [3.8, 4) is 57.2 Å². The second-order valence-corrected chi connectivity index (χ2v) is 6.81. The molecule has 0 aliphatic carbocycles. The molecule has 0 spiro atoms. The van der Waals surface area contributed by atoms with E-state index in [2.05, 4.69) is 0 Å². The molecule has 146 valence electrons. The maximum atomic E-state index is 5.52. The molecule has 0 saturated carbocycles. The van der Waals surface area contributed by atoms with Gasteiger partial charge in [-0.2, -0.15) is 0 Å². The molecule has 1 aromatic heterocycles. The summed E-state index contributed by atoms with van der Waals surface area (Å²) in [6, 6.07) is 21.2. The topological polar surface area (TPSA) is 75.6 Å². The Morgan fingerprint density at radius 3 is 1.47 bits per heavy atom. The summed E-state index contributed by atoms with van der Waals surface area (Å²) in [7, 11) is 0. The highest BCUT2D eigenvalue weighted by Gasteiger charge is 2.19. The van der Waals surface area contributed by atoms with Crippen molar-refractivity contribution < 1.29 is 18.9 Å². The van der Waals surface area contributed by atoms with Crippen LogP contribution in [-0.4, -0.2) is 28.5 Å². The normalized spacial score (nSPS) is 13.5. The van der Waals surface area contributed by atoms with Crippen molar-refractivity contribution in [1.82, 2.24) is 15.0 Å². The molecule has 4 aromatic rings. The zero-order valence-corrected chi connectivity index (χ0v) is 15.7. The van der Waals surface area contributed by atoms with Gasteiger partial charge in [0.05, 0.1) is 0 Å². The smallest absolute Gasteiger partial charge is 0.231 e. The first-order valence-corrected chi connectivity index (χ1v) is 9.45. The average Bonchev–Trinajstić information content (AvgIpc) is 3.47. The number of ether oxygens (including phenoxy) is 4. The SMILES string of the molecule is c1ccc(-c2nc(-c3ccc4c(c3)OCO4)nc(-c3ccc4c(c3)OCO4)n2)cc1. The Morgan fingerprint density at radius 2 is 0.933 bits per heavy atom. The van der Waals surface area contributed by atoms with Gasteiger partial charge in [0.2, 0.25) is 13.6 Å². The van der Waals surface area contributed by atoms with Gasteiger partial charge >= 0.3 is 0 Å². The molecule has 6 rings (SSSR count). The van der Waals surface area contributed by atoms with Gasteiger partial charge in [-0.1, -0.05) is 30.3 Å². The summed E-state index contributed by atoms with van der Waals surface area (Å²) in [5.41, 5.74) is 2.55. The van der Waals surface area contributed by atoms with Crippen molar-refractivity contribution in [2.75, 3.05) is 13.6 Å². The van der Waals surface area contributed by atoms with E-state index >= 15 is 0 Å². The van der Waals surface area contributed by atoms with Gasteiger partial charge in [-0.15, -0.1) is 0 Å². The monoisotopic (exact) mass is 397 g/mol. The van der Waals surface area contributed by atoms with Gasteiger partial charge < -0.3 is 18.9 Å². The molecule has 3 aromatic carbocycles. The number of hydrogen-bond acceptors (Lipinski definition) is 7. The molecule has 0 radical (unpaired) electrons. The van der Waals surface area contributed by atoms with E-state index in [0.29, 0.717) is 40.5 Å². The van der Waals surface area contributed by atoms with Crippen LogP contribution in [0, 0.1) is 0 Å². The van der Waals surface area contributed by atoms with E-state index < -0.39 is 0 Å². The van der Waals surface area contributed by atoms with Gasteiger partial charge in [0, 0.05) is 16.7 Å². The van der Waals surface area contributed by atoms with Crippen LogP contribution in [0.4, 0.5) is 0 Å². The lowest BCUT2D eigenvalue weighted by Crippen LogP contribution is -2.00. The number of aromatic nitrogens is 3. The second kappa shape index (κ2) is 6.73. The molecule has 0 bridgehead atoms. The fourth-order valence-corrected chi connectivity index (χ4v) is 3.42. The summed E-state index contributed by atoms with van der Waals surface area (Å²) in [5, 5.41) is 0. The van der Waals surface area contributed by atoms with Crippen molar-refractivity contribution in [3.63, 3.8) is 0 Å². The Bertz CT molecular complexity index is 1190. The minimum Gasteiger partial charge on any atom is -0.454 e. The molecule has 0 N–H and O–H groups in total. The van der Waals surface area contributed by atoms with Crippen LogP contribution in [0.5, 0.6) is 23.0 Å². The molecule has 7 heteroatoms. The molecule has 0 atom stereocenters. The van der Waals surface area contributed by atoms with Gasteiger partial charge in [-0.25, -0.2) is 15.0 Å². The van der Waals surface area contributed by atoms with Crippen LogP contribution in [0.1, 0.15) is 0 Å². The highest BCUT2D eigenvalue weighted by atomic mass is 16.7. The van der Waals surface area contributed by atoms with Gasteiger partial charge in [-0.3, -0.25) is 0 Å². The predicted molar refractivity (Wildman–Crippen MR) is 108 cm³/mol. The Balaban J connectivity index is 1.52. The molecule has 2 aliphatic heterocycles. The Labute approximate surface area is 171 Å². The number of fused-ring (bicyclic) bond motifs is 2. The van der Waals surface area contributed by atoms with Crippen molar-refractivity contribution in [3.05, 3.63) is 66.7 Å². The van der Waals surface area contributed by atoms with Crippen LogP contribution in [0.15, 0.2) is 66.7 Å². The summed E-state index contributed by atoms with van der Waals surface area (Å²) in [6.07, 6.45) is 0. The third-order valence-electron chi connectivity index (χ3n) is 4.93. The Kier molecular flexibility index (Phi) is 3.77. The van der Waals surface area contributed by atoms with Gasteiger partial charge in [0.15, 0.2) is 40.5 Å². The van der Waals surface area contributed by atoms with Crippen molar-refractivity contribution in [1.29, 1.82) is 0 Å². The third kappa shape index (κ3) is 2.88. The second-order valence-electron chi connectivity index (χ2n) is 6.81. The Morgan fingerprint density at radius 1 is 0.467 bits per heavy atom. The minimum absolute atomic E-state index is 0.216. The van der Waals surface area contributed by atoms with Crippen LogP contribution >= 0.6 is 0 Å². The first-order chi connectivity index (χ1) is 14.8. The first-order valence-electron chi connectivity index (χ1n) is 9.45. The number of benzene rings is 3. The molecule has 0 unspecified atom stereocenters. The number of nitrogens with zero attached hydrogens (tertiary/aromatic N) is 3. The molecule has 30 heavy (non-hydrogen) atoms. The van der Waals surface area contributed by atoms with Crippen molar-refractivity contribution >= 4 is 0 Å². The summed E-state index contributed by atoms with van der Waals surface area (Å²) < 4.78 is 21.9. The van der Waals surface area contributed by atoms with Crippen LogP contribution < -0.4 is 18.9 Å². The number of rotatable bonds is 3. The first kappa shape index (κ1) is 16.8. The molecule has 3 heterocycles. The van der Waals surface area contributed by atoms with Crippen LogP contribution in [0.25, 0.3) is 34.2 Å². The van der Waals surface area contributed by atoms with Crippen LogP contribution in [0.2, 0.25) is 0 Å². The molecule has 0 amide bonds. The zero-order valence-electron chi connectivity index (χ0n) is 15.7. The van der Waals surface area contributed by atoms with Crippen molar-refractivity contribution in [2.45, 2.75) is 0 Å². The third-order valence-corrected chi connectivity index (χ3v) is 4.93. The van der Waals surface area contributed by atoms with Gasteiger partial charge in [0.25, 0.3) is 0 Å². The van der Waals surface area contributed by atoms with E-state index in [9.17, 15) is 0 Å². The maximum Gasteiger partial charge on any atom is 0.231 e. The fraction of sp³-hybridized carbons (Fsp3) is 0.0870. The highest BCUT2D eigenvalue weighted by molar-refractivity contribution is 5.69. The van der Waals surface area contributed by atoms with Gasteiger partial charge in [0.1, 0.15) is 0 Å². The molecular weight excluding hydrogens is 382 g/mol. The van der Waals surface area contributed by atoms with E-state index in [0.717, 1.165) is 16.7 Å². The lowest BCUT2D eigenvalue weighted by Gasteiger charge is -2.09. The fourth-order valence-electron chi connectivity index (χ4n) is 3.42. The van der Waals surface area contributed by atoms with E-state index in [1.807, 2.05) is 66.7 Å². The van der Waals surface area contributed by atoms with Crippen molar-refractivity contribution in [2.24, 2.45) is 0 Å². The van der Waals surface area contributed by atoms with E-state index in [-0.39, 0.29) is 13.6 Å². The lowest BCUT2D eigenvalue weighted by molar-refractivity contribution is 0.173. The summed E-state index contributed by atoms with van der Waals surface area (Å²) in [6.45, 7) is 0.432. The minimum atomic E-state index is 0.216. The summed E-state index contributed by atoms with van der Waals surface area (Å²) >= 11 is 0. The molecule has 0 fully saturated rings. The summed E-state index contributed by atoms with van der Waals surface area (Å²) in [4.78, 5) is 14.2. The Hall–Kier alpha value is -4.13. The highest BCUT2D eigenvalue weighted by Crippen LogP contribution is 2.37. The molecule has 2 aliphatic rings. The number of hydrogen-bond donors (Lipinski definition) is 0. The average molecular weight is 397 g/mol. The largest absolute Gasteiger partial charge is 0.454 e. The van der Waals surface area contributed by atoms with E-state index in [1.165, 1.54) is 0 Å². The quantitative estimate of drug-likeness (QED) is 0.509. The van der Waals surface area contributed by atoms with Gasteiger partial charge in [-0.05, 0) is 36.4 Å². The molecule has 0 saturated heterocycles. The van der Waals surface area contributed by atoms with Crippen LogP contribution in [-0.2, 0) is 0 Å². The van der Waals surface area contributed by atoms with E-state index in [1.54, 1.807) is 0 Å². The summed E-state index contributed by atoms with van der Waals surface area (Å²) in [5.74, 6) is 4.48. The standard InChI is InChI=1S/C23H15N3O4/c1-2-4-14(5-3-1)21-24-22(15-6-8-17-19(10-15)29-12-27-17)26-23(25-21)16-7-9-18-20(11-16)30-13-28-18/h1-11H,12-13H2.